The van der Waals surface area contributed by atoms with Gasteiger partial charge in [0.2, 0.25) is 0 Å². The van der Waals surface area contributed by atoms with E-state index in [4.69, 9.17) is 10.2 Å². The summed E-state index contributed by atoms with van der Waals surface area (Å²) in [6.45, 7) is 0.626. The number of hydrogen-bond acceptors (Lipinski definition) is 4. The van der Waals surface area contributed by atoms with Gasteiger partial charge in [-0.25, -0.2) is 4.98 Å². The predicted molar refractivity (Wildman–Crippen MR) is 80.1 cm³/mol. The number of furan rings is 1. The molecular weight excluding hydrogens is 250 g/mol. The number of hydrogen-bond donors (Lipinski definition) is 2. The van der Waals surface area contributed by atoms with Gasteiger partial charge in [0.15, 0.2) is 0 Å². The highest BCUT2D eigenvalue weighted by molar-refractivity contribution is 5.65. The molecule has 0 saturated heterocycles. The molecule has 3 N–H and O–H groups in total. The minimum Gasteiger partial charge on any atom is -0.467 e. The Morgan fingerprint density at radius 1 is 1.00 bits per heavy atom. The quantitative estimate of drug-likeness (QED) is 0.708. The standard InChI is InChI=1S/C16H15N3O/c17-14-6-3-12(4-7-14)13-5-8-16(18-10-13)19-11-15-2-1-9-20-15/h1-10H,11,17H2,(H,18,19). The first-order valence-electron chi connectivity index (χ1n) is 6.39. The minimum atomic E-state index is 0.626. The maximum atomic E-state index is 5.68. The van der Waals surface area contributed by atoms with Crippen LogP contribution in [0.5, 0.6) is 0 Å². The third-order valence-corrected chi connectivity index (χ3v) is 3.03. The maximum absolute atomic E-state index is 5.68. The molecule has 0 spiro atoms. The van der Waals surface area contributed by atoms with E-state index >= 15 is 0 Å². The lowest BCUT2D eigenvalue weighted by atomic mass is 10.1. The Hall–Kier alpha value is -2.75. The Bertz CT molecular complexity index is 658. The second-order valence-corrected chi connectivity index (χ2v) is 4.49. The van der Waals surface area contributed by atoms with Gasteiger partial charge in [-0.3, -0.25) is 0 Å². The molecule has 0 aliphatic carbocycles. The van der Waals surface area contributed by atoms with Crippen molar-refractivity contribution in [2.24, 2.45) is 0 Å². The average Bonchev–Trinajstić information content (AvgIpc) is 3.00. The summed E-state index contributed by atoms with van der Waals surface area (Å²) in [5.41, 5.74) is 8.61. The van der Waals surface area contributed by atoms with Crippen LogP contribution < -0.4 is 11.1 Å². The van der Waals surface area contributed by atoms with Crippen LogP contribution in [0.15, 0.2) is 65.4 Å². The molecule has 2 heterocycles. The predicted octanol–water partition coefficient (Wildman–Crippen LogP) is 3.54. The zero-order valence-electron chi connectivity index (χ0n) is 10.9. The van der Waals surface area contributed by atoms with Crippen LogP contribution in [0.25, 0.3) is 11.1 Å². The van der Waals surface area contributed by atoms with E-state index < -0.39 is 0 Å². The van der Waals surface area contributed by atoms with Crippen LogP contribution in [0.1, 0.15) is 5.76 Å². The van der Waals surface area contributed by atoms with Crippen molar-refractivity contribution < 1.29 is 4.42 Å². The lowest BCUT2D eigenvalue weighted by Crippen LogP contribution is -1.99. The van der Waals surface area contributed by atoms with E-state index in [1.165, 1.54) is 0 Å². The highest BCUT2D eigenvalue weighted by Crippen LogP contribution is 2.20. The SMILES string of the molecule is Nc1ccc(-c2ccc(NCc3ccco3)nc2)cc1. The summed E-state index contributed by atoms with van der Waals surface area (Å²) in [4.78, 5) is 4.39. The van der Waals surface area contributed by atoms with Gasteiger partial charge < -0.3 is 15.5 Å². The van der Waals surface area contributed by atoms with Crippen LogP contribution in [0.2, 0.25) is 0 Å². The van der Waals surface area contributed by atoms with Crippen LogP contribution in [0, 0.1) is 0 Å². The number of anilines is 2. The number of nitrogen functional groups attached to an aromatic ring is 1. The van der Waals surface area contributed by atoms with E-state index in [1.54, 1.807) is 6.26 Å². The summed E-state index contributed by atoms with van der Waals surface area (Å²) in [7, 11) is 0. The largest absolute Gasteiger partial charge is 0.467 e. The van der Waals surface area contributed by atoms with E-state index in [0.717, 1.165) is 28.4 Å². The zero-order valence-corrected chi connectivity index (χ0v) is 10.9. The first-order chi connectivity index (χ1) is 9.81. The molecule has 0 atom stereocenters. The van der Waals surface area contributed by atoms with Crippen LogP contribution in [-0.4, -0.2) is 4.98 Å². The average molecular weight is 265 g/mol. The molecule has 0 radical (unpaired) electrons. The lowest BCUT2D eigenvalue weighted by Gasteiger charge is -2.05. The number of nitrogens with zero attached hydrogens (tertiary/aromatic N) is 1. The van der Waals surface area contributed by atoms with Crippen molar-refractivity contribution in [3.8, 4) is 11.1 Å². The van der Waals surface area contributed by atoms with E-state index in [1.807, 2.05) is 54.7 Å². The Kier molecular flexibility index (Phi) is 3.37. The van der Waals surface area contributed by atoms with Crippen LogP contribution >= 0.6 is 0 Å². The van der Waals surface area contributed by atoms with E-state index in [0.29, 0.717) is 6.54 Å². The first-order valence-corrected chi connectivity index (χ1v) is 6.39. The van der Waals surface area contributed by atoms with E-state index in [2.05, 4.69) is 10.3 Å². The van der Waals surface area contributed by atoms with Gasteiger partial charge >= 0.3 is 0 Å². The van der Waals surface area contributed by atoms with Crippen LogP contribution in [0.3, 0.4) is 0 Å². The van der Waals surface area contributed by atoms with Gasteiger partial charge in [-0.15, -0.1) is 0 Å². The van der Waals surface area contributed by atoms with Crippen molar-refractivity contribution in [2.75, 3.05) is 11.1 Å². The van der Waals surface area contributed by atoms with Gasteiger partial charge in [0, 0.05) is 17.4 Å². The Balaban J connectivity index is 1.69. The molecule has 0 aliphatic heterocycles. The molecular formula is C16H15N3O. The van der Waals surface area contributed by atoms with E-state index in [9.17, 15) is 0 Å². The molecule has 3 aromatic rings. The molecule has 4 nitrogen and oxygen atoms in total. The molecule has 0 unspecified atom stereocenters. The molecule has 4 heteroatoms. The summed E-state index contributed by atoms with van der Waals surface area (Å²) in [6, 6.07) is 15.5. The summed E-state index contributed by atoms with van der Waals surface area (Å²) in [6.07, 6.45) is 3.50. The highest BCUT2D eigenvalue weighted by Gasteiger charge is 2.00. The number of pyridine rings is 1. The van der Waals surface area contributed by atoms with Crippen molar-refractivity contribution in [3.05, 3.63) is 66.8 Å². The van der Waals surface area contributed by atoms with Gasteiger partial charge in [-0.1, -0.05) is 12.1 Å². The molecule has 3 rings (SSSR count). The Morgan fingerprint density at radius 3 is 2.45 bits per heavy atom. The molecule has 0 bridgehead atoms. The fraction of sp³-hybridized carbons (Fsp3) is 0.0625. The number of nitrogens with two attached hydrogens (primary N) is 1. The smallest absolute Gasteiger partial charge is 0.126 e. The second-order valence-electron chi connectivity index (χ2n) is 4.49. The molecule has 1 aromatic carbocycles. The molecule has 0 fully saturated rings. The number of benzene rings is 1. The topological polar surface area (TPSA) is 64.1 Å². The number of nitrogens with one attached hydrogen (secondary N) is 1. The van der Waals surface area contributed by atoms with Crippen molar-refractivity contribution >= 4 is 11.5 Å². The number of aromatic nitrogens is 1. The molecule has 20 heavy (non-hydrogen) atoms. The Morgan fingerprint density at radius 2 is 1.80 bits per heavy atom. The zero-order chi connectivity index (χ0) is 13.8. The third-order valence-electron chi connectivity index (χ3n) is 3.03. The first kappa shape index (κ1) is 12.3. The Labute approximate surface area is 117 Å². The van der Waals surface area contributed by atoms with Crippen molar-refractivity contribution in [3.63, 3.8) is 0 Å². The van der Waals surface area contributed by atoms with Gasteiger partial charge in [0.1, 0.15) is 11.6 Å². The second kappa shape index (κ2) is 5.48. The monoisotopic (exact) mass is 265 g/mol. The van der Waals surface area contributed by atoms with Gasteiger partial charge in [-0.05, 0) is 42.0 Å². The maximum Gasteiger partial charge on any atom is 0.126 e. The summed E-state index contributed by atoms with van der Waals surface area (Å²) < 4.78 is 5.26. The molecule has 0 aliphatic rings. The molecule has 0 saturated carbocycles. The van der Waals surface area contributed by atoms with E-state index in [-0.39, 0.29) is 0 Å². The van der Waals surface area contributed by atoms with Gasteiger partial charge in [0.25, 0.3) is 0 Å². The molecule has 2 aromatic heterocycles. The third kappa shape index (κ3) is 2.80. The summed E-state index contributed by atoms with van der Waals surface area (Å²) >= 11 is 0. The minimum absolute atomic E-state index is 0.626. The summed E-state index contributed by atoms with van der Waals surface area (Å²) in [5, 5.41) is 3.21. The van der Waals surface area contributed by atoms with Crippen molar-refractivity contribution in [1.82, 2.24) is 4.98 Å². The lowest BCUT2D eigenvalue weighted by molar-refractivity contribution is 0.518. The van der Waals surface area contributed by atoms with Crippen LogP contribution in [-0.2, 0) is 6.54 Å². The van der Waals surface area contributed by atoms with Crippen LogP contribution in [0.4, 0.5) is 11.5 Å². The molecule has 0 amide bonds. The number of rotatable bonds is 4. The molecule has 100 valence electrons. The van der Waals surface area contributed by atoms with Gasteiger partial charge in [-0.2, -0.15) is 0 Å². The van der Waals surface area contributed by atoms with Crippen molar-refractivity contribution in [1.29, 1.82) is 0 Å². The van der Waals surface area contributed by atoms with Crippen molar-refractivity contribution in [2.45, 2.75) is 6.54 Å². The fourth-order valence-electron chi connectivity index (χ4n) is 1.94. The fourth-order valence-corrected chi connectivity index (χ4v) is 1.94. The highest BCUT2D eigenvalue weighted by atomic mass is 16.3. The van der Waals surface area contributed by atoms with Gasteiger partial charge in [0.05, 0.1) is 12.8 Å². The normalized spacial score (nSPS) is 10.4. The summed E-state index contributed by atoms with van der Waals surface area (Å²) in [5.74, 6) is 1.70.